The molecule has 0 spiro atoms. The molecule has 0 aliphatic carbocycles. The molecule has 0 aliphatic rings. The Kier molecular flexibility index (Phi) is 7.49. The highest BCUT2D eigenvalue weighted by Crippen LogP contribution is 2.35. The smallest absolute Gasteiger partial charge is 0.354 e. The van der Waals surface area contributed by atoms with Crippen LogP contribution in [0.3, 0.4) is 0 Å². The van der Waals surface area contributed by atoms with Gasteiger partial charge >= 0.3 is 5.97 Å². The molecule has 0 radical (unpaired) electrons. The van der Waals surface area contributed by atoms with Gasteiger partial charge in [0.15, 0.2) is 0 Å². The van der Waals surface area contributed by atoms with Crippen LogP contribution in [0, 0.1) is 11.6 Å². The summed E-state index contributed by atoms with van der Waals surface area (Å²) in [5, 5.41) is 9.61. The summed E-state index contributed by atoms with van der Waals surface area (Å²) in [4.78, 5) is 20.9. The van der Waals surface area contributed by atoms with Crippen LogP contribution in [0.1, 0.15) is 99.2 Å². The molecule has 6 heteroatoms. The fourth-order valence-corrected chi connectivity index (χ4v) is 3.99. The number of carboxylic acids is 1. The van der Waals surface area contributed by atoms with Crippen LogP contribution < -0.4 is 0 Å². The summed E-state index contributed by atoms with van der Waals surface area (Å²) in [6.45, 7) is 11.6. The van der Waals surface area contributed by atoms with E-state index < -0.39 is 23.0 Å². The minimum atomic E-state index is -1.09. The van der Waals surface area contributed by atoms with Crippen molar-refractivity contribution in [1.82, 2.24) is 9.97 Å². The molecule has 0 saturated carbocycles. The van der Waals surface area contributed by atoms with Gasteiger partial charge in [0, 0.05) is 16.5 Å². The van der Waals surface area contributed by atoms with Gasteiger partial charge in [-0.3, -0.25) is 4.98 Å². The normalized spacial score (nSPS) is 13.5. The van der Waals surface area contributed by atoms with Gasteiger partial charge in [-0.25, -0.2) is 18.6 Å². The summed E-state index contributed by atoms with van der Waals surface area (Å²) in [5.74, 6) is -2.33. The Morgan fingerprint density at radius 3 is 2.26 bits per heavy atom. The molecule has 2 heterocycles. The molecular weight excluding hydrogens is 434 g/mol. The Labute approximate surface area is 200 Å². The summed E-state index contributed by atoms with van der Waals surface area (Å²) in [5.41, 5.74) is 2.03. The minimum absolute atomic E-state index is 0.0141. The molecule has 4 nitrogen and oxygen atoms in total. The summed E-state index contributed by atoms with van der Waals surface area (Å²) in [6, 6.07) is 11.5. The second-order valence-electron chi connectivity index (χ2n) is 9.45. The Morgan fingerprint density at radius 1 is 0.971 bits per heavy atom. The SMILES string of the molecule is CCC(C)c1cc(C(=O)O)nc(C(C)(C)c2cccc(-c3ccc(F)c(C(C)CC)c3F)n2)c1. The maximum absolute atomic E-state index is 15.4. The summed E-state index contributed by atoms with van der Waals surface area (Å²) >= 11 is 0. The van der Waals surface area contributed by atoms with E-state index in [-0.39, 0.29) is 28.7 Å². The van der Waals surface area contributed by atoms with E-state index in [2.05, 4.69) is 4.98 Å². The second-order valence-corrected chi connectivity index (χ2v) is 9.45. The average molecular weight is 467 g/mol. The van der Waals surface area contributed by atoms with E-state index in [0.29, 0.717) is 23.5 Å². The average Bonchev–Trinajstić information content (AvgIpc) is 2.83. The predicted molar refractivity (Wildman–Crippen MR) is 130 cm³/mol. The Bertz CT molecular complexity index is 1210. The number of aromatic nitrogens is 2. The zero-order valence-electron chi connectivity index (χ0n) is 20.6. The zero-order chi connectivity index (χ0) is 25.2. The van der Waals surface area contributed by atoms with Crippen LogP contribution in [-0.4, -0.2) is 21.0 Å². The van der Waals surface area contributed by atoms with Crippen molar-refractivity contribution in [2.45, 2.75) is 71.6 Å². The van der Waals surface area contributed by atoms with E-state index >= 15 is 4.39 Å². The molecule has 0 aliphatic heterocycles. The molecule has 2 unspecified atom stereocenters. The lowest BCUT2D eigenvalue weighted by atomic mass is 9.82. The lowest BCUT2D eigenvalue weighted by molar-refractivity contribution is 0.0689. The van der Waals surface area contributed by atoms with Gasteiger partial charge in [0.05, 0.1) is 17.1 Å². The highest BCUT2D eigenvalue weighted by molar-refractivity contribution is 5.85. The number of hydrogen-bond donors (Lipinski definition) is 1. The van der Waals surface area contributed by atoms with Crippen molar-refractivity contribution in [3.05, 3.63) is 82.3 Å². The summed E-state index contributed by atoms with van der Waals surface area (Å²) < 4.78 is 29.8. The summed E-state index contributed by atoms with van der Waals surface area (Å²) in [7, 11) is 0. The van der Waals surface area contributed by atoms with Gasteiger partial charge in [-0.1, -0.05) is 33.8 Å². The van der Waals surface area contributed by atoms with Gasteiger partial charge < -0.3 is 5.11 Å². The van der Waals surface area contributed by atoms with Gasteiger partial charge in [-0.2, -0.15) is 0 Å². The highest BCUT2D eigenvalue weighted by Gasteiger charge is 2.29. The Morgan fingerprint density at radius 2 is 1.65 bits per heavy atom. The van der Waals surface area contributed by atoms with Crippen LogP contribution in [0.5, 0.6) is 0 Å². The van der Waals surface area contributed by atoms with Crippen molar-refractivity contribution >= 4 is 5.97 Å². The van der Waals surface area contributed by atoms with Crippen LogP contribution in [0.2, 0.25) is 0 Å². The number of aromatic carboxylic acids is 1. The van der Waals surface area contributed by atoms with Crippen molar-refractivity contribution in [3.63, 3.8) is 0 Å². The first kappa shape index (κ1) is 25.5. The first-order valence-electron chi connectivity index (χ1n) is 11.7. The number of benzene rings is 1. The molecule has 2 atom stereocenters. The standard InChI is InChI=1S/C28H32F2N2O2/c1-7-16(3)18-14-22(27(33)34)32-24(15-18)28(5,6)23-11-9-10-21(31-23)19-12-13-20(29)25(26(19)30)17(4)8-2/h9-17H,7-8H2,1-6H3,(H,33,34). The van der Waals surface area contributed by atoms with Gasteiger partial charge in [0.25, 0.3) is 0 Å². The van der Waals surface area contributed by atoms with E-state index in [4.69, 9.17) is 4.98 Å². The second kappa shape index (κ2) is 10.00. The number of carboxylic acid groups (broad SMARTS) is 1. The molecule has 3 rings (SSSR count). The van der Waals surface area contributed by atoms with Crippen molar-refractivity contribution in [2.24, 2.45) is 0 Å². The van der Waals surface area contributed by atoms with Crippen LogP contribution in [0.4, 0.5) is 8.78 Å². The zero-order valence-corrected chi connectivity index (χ0v) is 20.6. The monoisotopic (exact) mass is 466 g/mol. The molecule has 0 bridgehead atoms. The van der Waals surface area contributed by atoms with Crippen molar-refractivity contribution in [2.75, 3.05) is 0 Å². The van der Waals surface area contributed by atoms with Gasteiger partial charge in [-0.15, -0.1) is 0 Å². The number of rotatable bonds is 8. The predicted octanol–water partition coefficient (Wildman–Crippen LogP) is 7.47. The van der Waals surface area contributed by atoms with Gasteiger partial charge in [0.2, 0.25) is 0 Å². The molecular formula is C28H32F2N2O2. The molecule has 180 valence electrons. The molecule has 34 heavy (non-hydrogen) atoms. The molecule has 2 aromatic heterocycles. The Hall–Kier alpha value is -3.15. The van der Waals surface area contributed by atoms with E-state index in [9.17, 15) is 14.3 Å². The van der Waals surface area contributed by atoms with Gasteiger partial charge in [0.1, 0.15) is 17.3 Å². The lowest BCUT2D eigenvalue weighted by Crippen LogP contribution is -2.24. The van der Waals surface area contributed by atoms with E-state index in [1.807, 2.05) is 46.8 Å². The fourth-order valence-electron chi connectivity index (χ4n) is 3.99. The number of carbonyl (C=O) groups is 1. The number of nitrogens with zero attached hydrogens (tertiary/aromatic N) is 2. The van der Waals surface area contributed by atoms with Gasteiger partial charge in [-0.05, 0) is 80.5 Å². The third-order valence-corrected chi connectivity index (χ3v) is 6.79. The van der Waals surface area contributed by atoms with Crippen molar-refractivity contribution < 1.29 is 18.7 Å². The number of pyridine rings is 2. The lowest BCUT2D eigenvalue weighted by Gasteiger charge is -2.26. The molecule has 3 aromatic rings. The summed E-state index contributed by atoms with van der Waals surface area (Å²) in [6.07, 6.45) is 1.47. The largest absolute Gasteiger partial charge is 0.477 e. The Balaban J connectivity index is 2.14. The highest BCUT2D eigenvalue weighted by atomic mass is 19.1. The quantitative estimate of drug-likeness (QED) is 0.374. The molecule has 0 saturated heterocycles. The number of halogens is 2. The first-order chi connectivity index (χ1) is 16.0. The fraction of sp³-hybridized carbons (Fsp3) is 0.393. The maximum Gasteiger partial charge on any atom is 0.354 e. The molecule has 0 amide bonds. The first-order valence-corrected chi connectivity index (χ1v) is 11.7. The third kappa shape index (κ3) is 4.86. The van der Waals surface area contributed by atoms with Crippen molar-refractivity contribution in [1.29, 1.82) is 0 Å². The topological polar surface area (TPSA) is 63.1 Å². The van der Waals surface area contributed by atoms with E-state index in [1.165, 1.54) is 12.1 Å². The van der Waals surface area contributed by atoms with E-state index in [1.54, 1.807) is 25.1 Å². The molecule has 0 fully saturated rings. The van der Waals surface area contributed by atoms with Crippen LogP contribution in [0.25, 0.3) is 11.3 Å². The van der Waals surface area contributed by atoms with Crippen LogP contribution in [0.15, 0.2) is 42.5 Å². The third-order valence-electron chi connectivity index (χ3n) is 6.79. The number of hydrogen-bond acceptors (Lipinski definition) is 3. The van der Waals surface area contributed by atoms with Crippen molar-refractivity contribution in [3.8, 4) is 11.3 Å². The van der Waals surface area contributed by atoms with Crippen LogP contribution >= 0.6 is 0 Å². The molecule has 1 N–H and O–H groups in total. The minimum Gasteiger partial charge on any atom is -0.477 e. The van der Waals surface area contributed by atoms with E-state index in [0.717, 1.165) is 12.0 Å². The molecule has 1 aromatic carbocycles. The maximum atomic E-state index is 15.4. The van der Waals surface area contributed by atoms with Crippen LogP contribution in [-0.2, 0) is 5.41 Å².